The van der Waals surface area contributed by atoms with Gasteiger partial charge in [-0.05, 0) is 11.8 Å². The predicted octanol–water partition coefficient (Wildman–Crippen LogP) is 0.280. The second-order valence-corrected chi connectivity index (χ2v) is 2.34. The Morgan fingerprint density at radius 3 is 3.23 bits per heavy atom. The van der Waals surface area contributed by atoms with E-state index in [0.717, 1.165) is 5.65 Å². The van der Waals surface area contributed by atoms with E-state index in [1.807, 2.05) is 0 Å². The normalized spacial score (nSPS) is 9.23. The zero-order valence-corrected chi connectivity index (χ0v) is 6.64. The van der Waals surface area contributed by atoms with Crippen molar-refractivity contribution < 1.29 is 4.79 Å². The number of carbonyl (C=O) groups excluding carboxylic acids is 1. The number of carbonyl (C=O) groups is 1. The Kier molecular flexibility index (Phi) is 1.77. The van der Waals surface area contributed by atoms with Crippen molar-refractivity contribution in [2.75, 3.05) is 0 Å². The molecule has 0 saturated heterocycles. The van der Waals surface area contributed by atoms with Gasteiger partial charge in [0.05, 0.1) is 12.4 Å². The minimum atomic E-state index is 0.556. The molecule has 2 heterocycles. The fourth-order valence-electron chi connectivity index (χ4n) is 1.04. The van der Waals surface area contributed by atoms with Gasteiger partial charge in [0.15, 0.2) is 11.9 Å². The molecule has 0 unspecified atom stereocenters. The van der Waals surface area contributed by atoms with Crippen molar-refractivity contribution in [3.05, 3.63) is 30.5 Å². The third-order valence-corrected chi connectivity index (χ3v) is 1.58. The molecule has 0 saturated carbocycles. The summed E-state index contributed by atoms with van der Waals surface area (Å²) in [5.74, 6) is 5.00. The SMILES string of the molecule is O=CC#Cc1cnc2cnccn12. The summed E-state index contributed by atoms with van der Waals surface area (Å²) in [5, 5.41) is 0. The van der Waals surface area contributed by atoms with Gasteiger partial charge in [-0.25, -0.2) is 4.98 Å². The summed E-state index contributed by atoms with van der Waals surface area (Å²) in [6.45, 7) is 0. The third kappa shape index (κ3) is 1.27. The van der Waals surface area contributed by atoms with Gasteiger partial charge < -0.3 is 0 Å². The highest BCUT2D eigenvalue weighted by Gasteiger charge is 1.97. The Balaban J connectivity index is 2.64. The Morgan fingerprint density at radius 2 is 2.38 bits per heavy atom. The first-order chi connectivity index (χ1) is 6.42. The van der Waals surface area contributed by atoms with E-state index < -0.39 is 0 Å². The monoisotopic (exact) mass is 171 g/mol. The van der Waals surface area contributed by atoms with Crippen LogP contribution in [-0.4, -0.2) is 20.7 Å². The molecule has 2 rings (SSSR count). The number of aldehydes is 1. The van der Waals surface area contributed by atoms with Crippen LogP contribution in [0.4, 0.5) is 0 Å². The van der Waals surface area contributed by atoms with E-state index in [9.17, 15) is 4.79 Å². The Bertz CT molecular complexity index is 504. The molecular weight excluding hydrogens is 166 g/mol. The molecule has 2 aromatic heterocycles. The van der Waals surface area contributed by atoms with Crippen LogP contribution in [0.3, 0.4) is 0 Å². The van der Waals surface area contributed by atoms with Crippen molar-refractivity contribution >= 4 is 11.9 Å². The highest BCUT2D eigenvalue weighted by Crippen LogP contribution is 2.01. The van der Waals surface area contributed by atoms with E-state index in [1.54, 1.807) is 29.2 Å². The molecule has 0 atom stereocenters. The molecule has 13 heavy (non-hydrogen) atoms. The average Bonchev–Trinajstić information content (AvgIpc) is 2.58. The molecule has 0 amide bonds. The van der Waals surface area contributed by atoms with Crippen LogP contribution >= 0.6 is 0 Å². The lowest BCUT2D eigenvalue weighted by molar-refractivity contribution is -0.103. The summed E-state index contributed by atoms with van der Waals surface area (Å²) >= 11 is 0. The maximum atomic E-state index is 10.0. The number of hydrogen-bond donors (Lipinski definition) is 0. The molecule has 2 aromatic rings. The number of rotatable bonds is 0. The van der Waals surface area contributed by atoms with Crippen molar-refractivity contribution in [2.24, 2.45) is 0 Å². The molecule has 4 nitrogen and oxygen atoms in total. The van der Waals surface area contributed by atoms with Gasteiger partial charge in [-0.15, -0.1) is 0 Å². The summed E-state index contributed by atoms with van der Waals surface area (Å²) in [5.41, 5.74) is 1.40. The minimum absolute atomic E-state index is 0.556. The summed E-state index contributed by atoms with van der Waals surface area (Å²) < 4.78 is 1.77. The summed E-state index contributed by atoms with van der Waals surface area (Å²) in [7, 11) is 0. The molecule has 0 aromatic carbocycles. The van der Waals surface area contributed by atoms with Crippen molar-refractivity contribution in [3.63, 3.8) is 0 Å². The van der Waals surface area contributed by atoms with E-state index in [4.69, 9.17) is 0 Å². The molecule has 0 bridgehead atoms. The fourth-order valence-corrected chi connectivity index (χ4v) is 1.04. The molecule has 4 heteroatoms. The lowest BCUT2D eigenvalue weighted by Gasteiger charge is -1.90. The zero-order chi connectivity index (χ0) is 9.10. The smallest absolute Gasteiger partial charge is 0.193 e. The number of aromatic nitrogens is 3. The van der Waals surface area contributed by atoms with Gasteiger partial charge >= 0.3 is 0 Å². The first kappa shape index (κ1) is 7.50. The fraction of sp³-hybridized carbons (Fsp3) is 0. The van der Waals surface area contributed by atoms with Gasteiger partial charge in [0.2, 0.25) is 0 Å². The van der Waals surface area contributed by atoms with Crippen LogP contribution in [0.5, 0.6) is 0 Å². The number of hydrogen-bond acceptors (Lipinski definition) is 3. The van der Waals surface area contributed by atoms with E-state index >= 15 is 0 Å². The Morgan fingerprint density at radius 1 is 1.46 bits per heavy atom. The summed E-state index contributed by atoms with van der Waals surface area (Å²) in [6.07, 6.45) is 7.18. The second-order valence-electron chi connectivity index (χ2n) is 2.34. The van der Waals surface area contributed by atoms with Crippen LogP contribution in [-0.2, 0) is 4.79 Å². The first-order valence-electron chi connectivity index (χ1n) is 3.64. The molecular formula is C9H5N3O. The predicted molar refractivity (Wildman–Crippen MR) is 45.9 cm³/mol. The van der Waals surface area contributed by atoms with E-state index in [0.29, 0.717) is 12.0 Å². The van der Waals surface area contributed by atoms with Gasteiger partial charge in [-0.2, -0.15) is 0 Å². The van der Waals surface area contributed by atoms with E-state index in [-0.39, 0.29) is 0 Å². The second kappa shape index (κ2) is 3.07. The molecule has 0 aliphatic rings. The molecule has 0 aliphatic carbocycles. The van der Waals surface area contributed by atoms with Crippen LogP contribution in [0.25, 0.3) is 5.65 Å². The van der Waals surface area contributed by atoms with Crippen LogP contribution in [0.1, 0.15) is 5.69 Å². The maximum Gasteiger partial charge on any atom is 0.193 e. The molecule has 0 radical (unpaired) electrons. The Labute approximate surface area is 74.2 Å². The topological polar surface area (TPSA) is 47.3 Å². The lowest BCUT2D eigenvalue weighted by atomic mass is 10.4. The molecule has 0 aliphatic heterocycles. The van der Waals surface area contributed by atoms with Crippen LogP contribution < -0.4 is 0 Å². The van der Waals surface area contributed by atoms with E-state index in [1.165, 1.54) is 0 Å². The summed E-state index contributed by atoms with van der Waals surface area (Å²) in [4.78, 5) is 18.0. The van der Waals surface area contributed by atoms with E-state index in [2.05, 4.69) is 21.8 Å². The minimum Gasteiger partial charge on any atom is -0.290 e. The maximum absolute atomic E-state index is 10.0. The Hall–Kier alpha value is -2.15. The number of fused-ring (bicyclic) bond motifs is 1. The van der Waals surface area contributed by atoms with Crippen LogP contribution in [0.2, 0.25) is 0 Å². The number of nitrogens with zero attached hydrogens (tertiary/aromatic N) is 3. The van der Waals surface area contributed by atoms with Crippen molar-refractivity contribution in [3.8, 4) is 11.8 Å². The largest absolute Gasteiger partial charge is 0.290 e. The zero-order valence-electron chi connectivity index (χ0n) is 6.64. The highest BCUT2D eigenvalue weighted by molar-refractivity contribution is 5.73. The van der Waals surface area contributed by atoms with Gasteiger partial charge in [-0.3, -0.25) is 14.2 Å². The standard InChI is InChI=1S/C9H5N3O/c13-5-1-2-8-6-11-9-7-10-3-4-12(8)9/h3-7H. The van der Waals surface area contributed by atoms with Gasteiger partial charge in [-0.1, -0.05) is 0 Å². The molecule has 0 fully saturated rings. The van der Waals surface area contributed by atoms with Gasteiger partial charge in [0.25, 0.3) is 0 Å². The lowest BCUT2D eigenvalue weighted by Crippen LogP contribution is -1.87. The molecule has 0 N–H and O–H groups in total. The third-order valence-electron chi connectivity index (χ3n) is 1.58. The summed E-state index contributed by atoms with van der Waals surface area (Å²) in [6, 6.07) is 0. The van der Waals surface area contributed by atoms with Crippen molar-refractivity contribution in [1.29, 1.82) is 0 Å². The molecule has 0 spiro atoms. The van der Waals surface area contributed by atoms with Crippen molar-refractivity contribution in [2.45, 2.75) is 0 Å². The van der Waals surface area contributed by atoms with Gasteiger partial charge in [0.1, 0.15) is 5.69 Å². The molecule has 62 valence electrons. The quantitative estimate of drug-likeness (QED) is 0.422. The van der Waals surface area contributed by atoms with Crippen LogP contribution in [0, 0.1) is 11.8 Å². The highest BCUT2D eigenvalue weighted by atomic mass is 16.1. The van der Waals surface area contributed by atoms with Crippen LogP contribution in [0.15, 0.2) is 24.8 Å². The van der Waals surface area contributed by atoms with Crippen molar-refractivity contribution in [1.82, 2.24) is 14.4 Å². The van der Waals surface area contributed by atoms with Gasteiger partial charge in [0, 0.05) is 12.4 Å². The average molecular weight is 171 g/mol. The first-order valence-corrected chi connectivity index (χ1v) is 3.64. The number of imidazole rings is 1.